The molecule has 0 radical (unpaired) electrons. The number of carboxylic acid groups (broad SMARTS) is 1. The molecule has 47 heavy (non-hydrogen) atoms. The minimum Gasteiger partial charge on any atom is -0.481 e. The van der Waals surface area contributed by atoms with Crippen molar-refractivity contribution in [2.45, 2.75) is 91.1 Å². The van der Waals surface area contributed by atoms with Crippen molar-refractivity contribution in [2.24, 2.45) is 28.6 Å². The molecule has 6 atom stereocenters. The number of esters is 1. The van der Waals surface area contributed by atoms with Gasteiger partial charge in [-0.2, -0.15) is 0 Å². The first kappa shape index (κ1) is 37.5. The smallest absolute Gasteiger partial charge is 0.303 e. The Labute approximate surface area is 294 Å². The van der Waals surface area contributed by atoms with Gasteiger partial charge in [-0.1, -0.05) is 43.7 Å². The Morgan fingerprint density at radius 2 is 1.62 bits per heavy atom. The first-order valence-electron chi connectivity index (χ1n) is 16.7. The van der Waals surface area contributed by atoms with Crippen molar-refractivity contribution < 1.29 is 29.0 Å². The van der Waals surface area contributed by atoms with E-state index in [1.165, 1.54) is 6.92 Å². The number of anilines is 1. The van der Waals surface area contributed by atoms with Crippen LogP contribution >= 0.6 is 34.8 Å². The van der Waals surface area contributed by atoms with Crippen molar-refractivity contribution >= 4 is 64.0 Å². The number of carbonyl (C=O) groups is 4. The van der Waals surface area contributed by atoms with E-state index in [-0.39, 0.29) is 46.6 Å². The van der Waals surface area contributed by atoms with Crippen LogP contribution in [-0.4, -0.2) is 59.1 Å². The van der Waals surface area contributed by atoms with E-state index < -0.39 is 11.6 Å². The van der Waals surface area contributed by atoms with Crippen LogP contribution in [0.15, 0.2) is 47.0 Å². The summed E-state index contributed by atoms with van der Waals surface area (Å²) in [7, 11) is 0. The molecule has 10 heteroatoms. The van der Waals surface area contributed by atoms with Gasteiger partial charge in [0.1, 0.15) is 0 Å². The predicted octanol–water partition coefficient (Wildman–Crippen LogP) is 8.13. The fourth-order valence-electron chi connectivity index (χ4n) is 9.03. The van der Waals surface area contributed by atoms with Gasteiger partial charge in [-0.05, 0) is 104 Å². The number of hydrogen-bond donors (Lipinski definition) is 1. The van der Waals surface area contributed by atoms with Crippen LogP contribution < -0.4 is 4.90 Å². The van der Waals surface area contributed by atoms with Crippen molar-refractivity contribution in [1.29, 1.82) is 0 Å². The first-order valence-corrected chi connectivity index (χ1v) is 18.2. The van der Waals surface area contributed by atoms with Gasteiger partial charge in [0.2, 0.25) is 0 Å². The largest absolute Gasteiger partial charge is 0.481 e. The fourth-order valence-corrected chi connectivity index (χ4v) is 9.85. The molecular weight excluding hydrogens is 661 g/mol. The van der Waals surface area contributed by atoms with Crippen LogP contribution in [0.1, 0.15) is 84.6 Å². The molecule has 1 N–H and O–H groups in total. The molecule has 5 rings (SSSR count). The highest BCUT2D eigenvalue weighted by atomic mass is 35.5. The van der Waals surface area contributed by atoms with Crippen LogP contribution in [0.5, 0.6) is 0 Å². The molecule has 0 heterocycles. The molecular formula is C37H48Cl3NO6. The molecule has 258 valence electrons. The molecule has 2 fully saturated rings. The zero-order valence-corrected chi connectivity index (χ0v) is 30.2. The van der Waals surface area contributed by atoms with Crippen molar-refractivity contribution in [3.8, 4) is 0 Å². The van der Waals surface area contributed by atoms with Gasteiger partial charge in [-0.15, -0.1) is 23.2 Å². The minimum atomic E-state index is -1.03. The molecule has 4 aliphatic rings. The Balaban J connectivity index is 0.000000231. The number of alkyl halides is 2. The summed E-state index contributed by atoms with van der Waals surface area (Å²) < 4.78 is 5.79. The van der Waals surface area contributed by atoms with Gasteiger partial charge in [-0.3, -0.25) is 19.2 Å². The van der Waals surface area contributed by atoms with Crippen molar-refractivity contribution in [1.82, 2.24) is 0 Å². The van der Waals surface area contributed by atoms with Crippen LogP contribution in [0.2, 0.25) is 0 Å². The molecule has 0 spiro atoms. The van der Waals surface area contributed by atoms with E-state index >= 15 is 0 Å². The molecule has 0 amide bonds. The van der Waals surface area contributed by atoms with Gasteiger partial charge in [0.15, 0.2) is 17.2 Å². The number of aryl methyl sites for hydroxylation is 1. The number of carboxylic acids is 1. The van der Waals surface area contributed by atoms with Gasteiger partial charge >= 0.3 is 11.9 Å². The second kappa shape index (κ2) is 15.5. The van der Waals surface area contributed by atoms with Crippen molar-refractivity contribution in [3.05, 3.63) is 52.6 Å². The number of halogens is 3. The Hall–Kier alpha value is -2.35. The topological polar surface area (TPSA) is 101 Å². The summed E-state index contributed by atoms with van der Waals surface area (Å²) in [6.45, 7) is 8.87. The third-order valence-corrected chi connectivity index (χ3v) is 12.1. The average Bonchev–Trinajstić information content (AvgIpc) is 3.31. The number of nitrogens with zero attached hydrogens (tertiary/aromatic N) is 1. The number of fused-ring (bicyclic) bond motifs is 5. The quantitative estimate of drug-likeness (QED) is 0.183. The van der Waals surface area contributed by atoms with Crippen LogP contribution in [-0.2, 0) is 30.3 Å². The average molecular weight is 709 g/mol. The molecule has 1 aromatic carbocycles. The first-order chi connectivity index (χ1) is 22.2. The highest BCUT2D eigenvalue weighted by molar-refractivity contribution is 6.32. The lowest BCUT2D eigenvalue weighted by Gasteiger charge is -2.57. The maximum atomic E-state index is 12.7. The molecule has 4 aliphatic carbocycles. The molecule has 0 aliphatic heterocycles. The standard InChI is InChI=1S/C23H29ClO4.C14H19Cl2NO2/c1-13(25)23(28-14(2)26)10-7-18-16-12-20(24)19-11-15(27)5-8-21(19,3)17(16)6-9-22(18,23)4;15-8-10-17(11-9-16)13-6-4-12(5-7-13)2-1-3-14(18)19/h11-12,16-18H,5-10H2,1-4H3;4-7H,1-3,8-11H2,(H,18,19)/t16-,17+,18+,21-,22+,23+;/m1./s1. The summed E-state index contributed by atoms with van der Waals surface area (Å²) in [6.07, 6.45) is 10.2. The van der Waals surface area contributed by atoms with E-state index in [9.17, 15) is 19.2 Å². The lowest BCUT2D eigenvalue weighted by atomic mass is 9.48. The van der Waals surface area contributed by atoms with E-state index in [4.69, 9.17) is 44.6 Å². The summed E-state index contributed by atoms with van der Waals surface area (Å²) in [6, 6.07) is 8.14. The number of aliphatic carboxylic acids is 1. The van der Waals surface area contributed by atoms with E-state index in [0.29, 0.717) is 42.0 Å². The second-order valence-electron chi connectivity index (χ2n) is 14.0. The van der Waals surface area contributed by atoms with Crippen LogP contribution in [0, 0.1) is 28.6 Å². The zero-order chi connectivity index (χ0) is 34.6. The number of carbonyl (C=O) groups excluding carboxylic acids is 3. The Morgan fingerprint density at radius 1 is 0.979 bits per heavy atom. The fraction of sp³-hybridized carbons (Fsp3) is 0.622. The SMILES string of the molecule is CC(=O)O[C@]1(C(C)=O)CC[C@H]2[C@@H]3C=C(Cl)C4=CC(=O)CC[C@]4(C)[C@H]3CC[C@@]21C.O=C(O)CCCc1ccc(N(CCCl)CCCl)cc1. The number of allylic oxidation sites excluding steroid dienone is 4. The molecule has 0 saturated heterocycles. The number of hydrogen-bond acceptors (Lipinski definition) is 6. The molecule has 2 saturated carbocycles. The molecule has 0 unspecified atom stereocenters. The maximum absolute atomic E-state index is 12.7. The lowest BCUT2D eigenvalue weighted by Crippen LogP contribution is -2.58. The maximum Gasteiger partial charge on any atom is 0.303 e. The van der Waals surface area contributed by atoms with Crippen molar-refractivity contribution in [3.63, 3.8) is 0 Å². The number of Topliss-reactive ketones (excluding diaryl/α,β-unsaturated/α-hetero) is 1. The monoisotopic (exact) mass is 707 g/mol. The number of benzene rings is 1. The predicted molar refractivity (Wildman–Crippen MR) is 187 cm³/mol. The summed E-state index contributed by atoms with van der Waals surface area (Å²) in [5, 5.41) is 9.28. The van der Waals surface area contributed by atoms with E-state index in [1.807, 2.05) is 24.3 Å². The minimum absolute atomic E-state index is 0.0490. The van der Waals surface area contributed by atoms with E-state index in [1.54, 1.807) is 13.0 Å². The molecule has 1 aromatic rings. The molecule has 7 nitrogen and oxygen atoms in total. The third kappa shape index (κ3) is 7.63. The summed E-state index contributed by atoms with van der Waals surface area (Å²) in [5.41, 5.74) is 1.72. The molecule has 0 aromatic heterocycles. The van der Waals surface area contributed by atoms with Gasteiger partial charge in [0.25, 0.3) is 0 Å². The Bertz CT molecular complexity index is 1400. The van der Waals surface area contributed by atoms with Crippen LogP contribution in [0.25, 0.3) is 0 Å². The number of ketones is 2. The van der Waals surface area contributed by atoms with E-state index in [0.717, 1.165) is 62.0 Å². The van der Waals surface area contributed by atoms with Crippen LogP contribution in [0.4, 0.5) is 5.69 Å². The number of rotatable bonds is 11. The zero-order valence-electron chi connectivity index (χ0n) is 28.0. The third-order valence-electron chi connectivity index (χ3n) is 11.4. The molecule has 0 bridgehead atoms. The summed E-state index contributed by atoms with van der Waals surface area (Å²) in [4.78, 5) is 49.2. The second-order valence-corrected chi connectivity index (χ2v) is 15.2. The number of ether oxygens (including phenoxy) is 1. The summed E-state index contributed by atoms with van der Waals surface area (Å²) >= 11 is 18.2. The Morgan fingerprint density at radius 3 is 2.19 bits per heavy atom. The van der Waals surface area contributed by atoms with E-state index in [2.05, 4.69) is 24.8 Å². The highest BCUT2D eigenvalue weighted by Gasteiger charge is 2.67. The Kier molecular flexibility index (Phi) is 12.3. The van der Waals surface area contributed by atoms with Crippen molar-refractivity contribution in [2.75, 3.05) is 29.7 Å². The lowest BCUT2D eigenvalue weighted by molar-refractivity contribution is -0.185. The van der Waals surface area contributed by atoms with Gasteiger partial charge in [-0.25, -0.2) is 0 Å². The summed E-state index contributed by atoms with van der Waals surface area (Å²) in [5.74, 6) is 0.974. The van der Waals surface area contributed by atoms with Gasteiger partial charge < -0.3 is 14.7 Å². The van der Waals surface area contributed by atoms with Crippen LogP contribution in [0.3, 0.4) is 0 Å². The van der Waals surface area contributed by atoms with Gasteiger partial charge in [0, 0.05) is 60.7 Å². The highest BCUT2D eigenvalue weighted by Crippen LogP contribution is 2.68. The normalized spacial score (nSPS) is 30.8. The van der Waals surface area contributed by atoms with Gasteiger partial charge in [0.05, 0.1) is 0 Å².